The monoisotopic (exact) mass is 538 g/mol. The SMILES string of the molecule is CCOC(=O)CC1(CC)CCc2cc(-c3ccc(NC(=O)Nc4cccc(C(F)(F)F)c4)cc3)ccc2C1=O. The summed E-state index contributed by atoms with van der Waals surface area (Å²) in [6.07, 6.45) is -2.64. The van der Waals surface area contributed by atoms with Gasteiger partial charge < -0.3 is 15.4 Å². The van der Waals surface area contributed by atoms with Gasteiger partial charge in [0.15, 0.2) is 5.78 Å². The van der Waals surface area contributed by atoms with Crippen LogP contribution >= 0.6 is 0 Å². The van der Waals surface area contributed by atoms with E-state index in [0.29, 0.717) is 30.5 Å². The van der Waals surface area contributed by atoms with Crippen LogP contribution in [0.2, 0.25) is 0 Å². The number of hydrogen-bond acceptors (Lipinski definition) is 4. The molecule has 2 amide bonds. The van der Waals surface area contributed by atoms with Crippen molar-refractivity contribution in [1.29, 1.82) is 0 Å². The molecule has 4 rings (SSSR count). The minimum Gasteiger partial charge on any atom is -0.466 e. The maximum absolute atomic E-state index is 13.4. The van der Waals surface area contributed by atoms with Crippen LogP contribution in [0, 0.1) is 5.41 Å². The smallest absolute Gasteiger partial charge is 0.416 e. The van der Waals surface area contributed by atoms with E-state index in [2.05, 4.69) is 10.6 Å². The van der Waals surface area contributed by atoms with Crippen molar-refractivity contribution >= 4 is 29.2 Å². The molecule has 1 unspecified atom stereocenters. The Kier molecular flexibility index (Phi) is 8.09. The van der Waals surface area contributed by atoms with Gasteiger partial charge in [0.25, 0.3) is 0 Å². The number of carbonyl (C=O) groups is 3. The number of Topliss-reactive ketones (excluding diaryl/α,β-unsaturated/α-hetero) is 1. The number of amides is 2. The summed E-state index contributed by atoms with van der Waals surface area (Å²) in [6, 6.07) is 16.4. The van der Waals surface area contributed by atoms with Gasteiger partial charge in [0.05, 0.1) is 18.6 Å². The molecule has 2 N–H and O–H groups in total. The number of aryl methyl sites for hydroxylation is 1. The highest BCUT2D eigenvalue weighted by molar-refractivity contribution is 6.05. The van der Waals surface area contributed by atoms with Crippen LogP contribution in [0.25, 0.3) is 11.1 Å². The quantitative estimate of drug-likeness (QED) is 0.305. The number of anilines is 2. The van der Waals surface area contributed by atoms with Crippen LogP contribution in [0.3, 0.4) is 0 Å². The van der Waals surface area contributed by atoms with Crippen molar-refractivity contribution in [3.05, 3.63) is 83.4 Å². The minimum absolute atomic E-state index is 0.0249. The molecule has 204 valence electrons. The van der Waals surface area contributed by atoms with E-state index in [1.807, 2.05) is 31.2 Å². The Morgan fingerprint density at radius 2 is 1.62 bits per heavy atom. The number of hydrogen-bond donors (Lipinski definition) is 2. The number of benzene rings is 3. The van der Waals surface area contributed by atoms with Gasteiger partial charge in [-0.2, -0.15) is 13.2 Å². The number of esters is 1. The summed E-state index contributed by atoms with van der Waals surface area (Å²) < 4.78 is 43.8. The molecule has 0 aliphatic heterocycles. The summed E-state index contributed by atoms with van der Waals surface area (Å²) in [4.78, 5) is 37.9. The number of alkyl halides is 3. The zero-order valence-corrected chi connectivity index (χ0v) is 21.7. The van der Waals surface area contributed by atoms with Gasteiger partial charge in [-0.1, -0.05) is 43.3 Å². The second kappa shape index (κ2) is 11.3. The number of fused-ring (bicyclic) bond motifs is 1. The van der Waals surface area contributed by atoms with Crippen LogP contribution in [0.5, 0.6) is 0 Å². The van der Waals surface area contributed by atoms with Gasteiger partial charge in [-0.05, 0) is 73.2 Å². The second-order valence-corrected chi connectivity index (χ2v) is 9.55. The Hall–Kier alpha value is -4.14. The molecule has 39 heavy (non-hydrogen) atoms. The fourth-order valence-electron chi connectivity index (χ4n) is 4.91. The highest BCUT2D eigenvalue weighted by Crippen LogP contribution is 2.42. The topological polar surface area (TPSA) is 84.5 Å². The predicted octanol–water partition coefficient (Wildman–Crippen LogP) is 7.49. The van der Waals surface area contributed by atoms with E-state index in [1.54, 1.807) is 25.1 Å². The molecule has 3 aromatic carbocycles. The van der Waals surface area contributed by atoms with E-state index in [1.165, 1.54) is 12.1 Å². The van der Waals surface area contributed by atoms with Gasteiger partial charge in [-0.25, -0.2) is 4.79 Å². The highest BCUT2D eigenvalue weighted by atomic mass is 19.4. The standard InChI is InChI=1S/C30H29F3N2O4/c1-3-29(18-26(36)39-4-2)15-14-21-16-20(10-13-25(21)27(29)37)19-8-11-23(12-9-19)34-28(38)35-24-7-5-6-22(17-24)30(31,32)33/h5-13,16-17H,3-4,14-15,18H2,1-2H3,(H2,34,35,38). The van der Waals surface area contributed by atoms with E-state index >= 15 is 0 Å². The lowest BCUT2D eigenvalue weighted by molar-refractivity contribution is -0.145. The van der Waals surface area contributed by atoms with Crippen LogP contribution in [0.4, 0.5) is 29.3 Å². The average molecular weight is 539 g/mol. The fourth-order valence-corrected chi connectivity index (χ4v) is 4.91. The van der Waals surface area contributed by atoms with Crippen molar-refractivity contribution in [2.45, 2.75) is 45.7 Å². The normalized spacial score (nSPS) is 16.8. The number of halogens is 3. The molecule has 9 heteroatoms. The van der Waals surface area contributed by atoms with Gasteiger partial charge in [0.1, 0.15) is 0 Å². The van der Waals surface area contributed by atoms with E-state index in [-0.39, 0.29) is 30.5 Å². The van der Waals surface area contributed by atoms with Crippen LogP contribution < -0.4 is 10.6 Å². The van der Waals surface area contributed by atoms with Gasteiger partial charge >= 0.3 is 18.2 Å². The van der Waals surface area contributed by atoms with Gasteiger partial charge in [0.2, 0.25) is 0 Å². The van der Waals surface area contributed by atoms with E-state index < -0.39 is 23.2 Å². The maximum atomic E-state index is 13.4. The summed E-state index contributed by atoms with van der Waals surface area (Å²) in [5.74, 6) is -0.387. The Labute approximate surface area is 224 Å². The second-order valence-electron chi connectivity index (χ2n) is 9.55. The first-order chi connectivity index (χ1) is 18.5. The Balaban J connectivity index is 1.44. The first-order valence-corrected chi connectivity index (χ1v) is 12.7. The molecular formula is C30H29F3N2O4. The Morgan fingerprint density at radius 1 is 0.923 bits per heavy atom. The molecule has 3 aromatic rings. The molecule has 0 saturated heterocycles. The van der Waals surface area contributed by atoms with Crippen LogP contribution in [-0.2, 0) is 22.1 Å². The van der Waals surface area contributed by atoms with E-state index in [9.17, 15) is 27.6 Å². The van der Waals surface area contributed by atoms with E-state index in [4.69, 9.17) is 4.74 Å². The maximum Gasteiger partial charge on any atom is 0.416 e. The number of ether oxygens (including phenoxy) is 1. The van der Waals surface area contributed by atoms with Crippen molar-refractivity contribution in [2.24, 2.45) is 5.41 Å². The molecule has 0 heterocycles. The van der Waals surface area contributed by atoms with E-state index in [0.717, 1.165) is 28.8 Å². The third-order valence-corrected chi connectivity index (χ3v) is 7.09. The van der Waals surface area contributed by atoms with Gasteiger partial charge in [-0.3, -0.25) is 9.59 Å². The third-order valence-electron chi connectivity index (χ3n) is 7.09. The molecule has 1 atom stereocenters. The summed E-state index contributed by atoms with van der Waals surface area (Å²) in [5.41, 5.74) is 2.20. The lowest BCUT2D eigenvalue weighted by atomic mass is 9.67. The number of nitrogens with one attached hydrogen (secondary N) is 2. The van der Waals surface area contributed by atoms with Gasteiger partial charge in [-0.15, -0.1) is 0 Å². The van der Waals surface area contributed by atoms with Crippen molar-refractivity contribution in [3.63, 3.8) is 0 Å². The summed E-state index contributed by atoms with van der Waals surface area (Å²) in [6.45, 7) is 3.95. The van der Waals surface area contributed by atoms with Crippen LogP contribution in [-0.4, -0.2) is 24.4 Å². The summed E-state index contributed by atoms with van der Waals surface area (Å²) in [5, 5.41) is 5.02. The van der Waals surface area contributed by atoms with Crippen molar-refractivity contribution in [3.8, 4) is 11.1 Å². The Bertz CT molecular complexity index is 1390. The number of urea groups is 1. The molecule has 0 aromatic heterocycles. The largest absolute Gasteiger partial charge is 0.466 e. The first-order valence-electron chi connectivity index (χ1n) is 12.7. The van der Waals surface area contributed by atoms with Crippen molar-refractivity contribution in [1.82, 2.24) is 0 Å². The van der Waals surface area contributed by atoms with Crippen molar-refractivity contribution in [2.75, 3.05) is 17.2 Å². The number of rotatable bonds is 7. The zero-order chi connectivity index (χ0) is 28.2. The lowest BCUT2D eigenvalue weighted by Gasteiger charge is -2.35. The van der Waals surface area contributed by atoms with Crippen LogP contribution in [0.1, 0.15) is 54.6 Å². The lowest BCUT2D eigenvalue weighted by Crippen LogP contribution is -2.38. The van der Waals surface area contributed by atoms with Crippen LogP contribution in [0.15, 0.2) is 66.7 Å². The highest BCUT2D eigenvalue weighted by Gasteiger charge is 2.43. The molecular weight excluding hydrogens is 509 g/mol. The zero-order valence-electron chi connectivity index (χ0n) is 21.7. The van der Waals surface area contributed by atoms with Crippen molar-refractivity contribution < 1.29 is 32.3 Å². The summed E-state index contributed by atoms with van der Waals surface area (Å²) in [7, 11) is 0. The molecule has 0 radical (unpaired) electrons. The molecule has 1 aliphatic rings. The molecule has 1 aliphatic carbocycles. The van der Waals surface area contributed by atoms with Gasteiger partial charge in [0, 0.05) is 22.4 Å². The Morgan fingerprint density at radius 3 is 2.28 bits per heavy atom. The predicted molar refractivity (Wildman–Crippen MR) is 143 cm³/mol. The molecule has 0 saturated carbocycles. The fraction of sp³-hybridized carbons (Fsp3) is 0.300. The first kappa shape index (κ1) is 27.9. The number of ketones is 1. The molecule has 0 fully saturated rings. The molecule has 6 nitrogen and oxygen atoms in total. The summed E-state index contributed by atoms with van der Waals surface area (Å²) >= 11 is 0. The molecule has 0 bridgehead atoms. The average Bonchev–Trinajstić information content (AvgIpc) is 2.90. The minimum atomic E-state index is -4.50. The third kappa shape index (κ3) is 6.30. The number of carbonyl (C=O) groups excluding carboxylic acids is 3. The molecule has 0 spiro atoms.